The smallest absolute Gasteiger partial charge is 0.174 e. The van der Waals surface area contributed by atoms with Crippen molar-refractivity contribution < 1.29 is 0 Å². The van der Waals surface area contributed by atoms with Crippen LogP contribution >= 0.6 is 23.8 Å². The first-order chi connectivity index (χ1) is 16.7. The molecule has 2 fully saturated rings. The number of rotatable bonds is 4. The number of anilines is 2. The van der Waals surface area contributed by atoms with Crippen molar-refractivity contribution in [1.29, 1.82) is 0 Å². The third-order valence-corrected chi connectivity index (χ3v) is 7.88. The quantitative estimate of drug-likeness (QED) is 0.397. The summed E-state index contributed by atoms with van der Waals surface area (Å²) >= 11 is 12.8. The normalized spacial score (nSPS) is 21.5. The lowest BCUT2D eigenvalue weighted by Gasteiger charge is -2.33. The van der Waals surface area contributed by atoms with Gasteiger partial charge in [0.1, 0.15) is 0 Å². The highest BCUT2D eigenvalue weighted by Gasteiger charge is 2.41. The fraction of sp³-hybridized carbons (Fsp3) is 0.429. The van der Waals surface area contributed by atoms with Crippen molar-refractivity contribution in [3.8, 4) is 0 Å². The van der Waals surface area contributed by atoms with Crippen molar-refractivity contribution in [2.24, 2.45) is 5.92 Å². The van der Waals surface area contributed by atoms with Crippen LogP contribution in [0.25, 0.3) is 0 Å². The average Bonchev–Trinajstić information content (AvgIpc) is 3.45. The minimum Gasteiger partial charge on any atom is -0.370 e. The van der Waals surface area contributed by atoms with Gasteiger partial charge in [-0.15, -0.1) is 0 Å². The van der Waals surface area contributed by atoms with Gasteiger partial charge in [-0.3, -0.25) is 4.98 Å². The zero-order chi connectivity index (χ0) is 24.7. The summed E-state index contributed by atoms with van der Waals surface area (Å²) in [4.78, 5) is 9.27. The largest absolute Gasteiger partial charge is 0.370 e. The van der Waals surface area contributed by atoms with E-state index in [0.29, 0.717) is 5.11 Å². The molecule has 35 heavy (non-hydrogen) atoms. The molecule has 0 saturated carbocycles. The average molecular weight is 508 g/mol. The molecule has 0 radical (unpaired) electrons. The van der Waals surface area contributed by atoms with Crippen LogP contribution in [-0.2, 0) is 5.54 Å². The highest BCUT2D eigenvalue weighted by molar-refractivity contribution is 7.80. The van der Waals surface area contributed by atoms with Crippen LogP contribution in [0.3, 0.4) is 0 Å². The van der Waals surface area contributed by atoms with E-state index >= 15 is 0 Å². The Kier molecular flexibility index (Phi) is 6.53. The Hall–Kier alpha value is -2.57. The van der Waals surface area contributed by atoms with E-state index in [1.165, 1.54) is 18.4 Å². The second kappa shape index (κ2) is 9.47. The topological polar surface area (TPSA) is 36.3 Å². The number of piperidine rings is 1. The molecule has 4 heterocycles. The number of hydrogen-bond acceptors (Lipinski definition) is 3. The summed E-state index contributed by atoms with van der Waals surface area (Å²) < 4.78 is 2.25. The Labute approximate surface area is 219 Å². The Bertz CT molecular complexity index is 1190. The predicted molar refractivity (Wildman–Crippen MR) is 149 cm³/mol. The summed E-state index contributed by atoms with van der Waals surface area (Å²) in [6.07, 6.45) is 8.63. The van der Waals surface area contributed by atoms with E-state index in [-0.39, 0.29) is 17.6 Å². The van der Waals surface area contributed by atoms with Crippen LogP contribution in [-0.4, -0.2) is 27.8 Å². The van der Waals surface area contributed by atoms with Gasteiger partial charge in [0, 0.05) is 42.9 Å². The second-order valence-electron chi connectivity index (χ2n) is 10.8. The molecule has 0 bridgehead atoms. The number of hydrogen-bond donors (Lipinski definition) is 1. The van der Waals surface area contributed by atoms with Gasteiger partial charge < -0.3 is 19.7 Å². The molecule has 0 amide bonds. The molecule has 2 aliphatic heterocycles. The highest BCUT2D eigenvalue weighted by Crippen LogP contribution is 2.43. The van der Waals surface area contributed by atoms with Gasteiger partial charge in [0.2, 0.25) is 0 Å². The SMILES string of the molecule is CC1CCN(c2ccc(N3C(=S)NC(c4ccccn4)C3c3ccn(C(C)(C)C)c3)cc2Cl)CC1. The first kappa shape index (κ1) is 24.1. The van der Waals surface area contributed by atoms with Gasteiger partial charge in [0.25, 0.3) is 0 Å². The molecule has 2 aliphatic rings. The molecular weight excluding hydrogens is 474 g/mol. The lowest BCUT2D eigenvalue weighted by Crippen LogP contribution is -2.33. The highest BCUT2D eigenvalue weighted by atomic mass is 35.5. The van der Waals surface area contributed by atoms with Gasteiger partial charge in [-0.2, -0.15) is 0 Å². The van der Waals surface area contributed by atoms with E-state index in [1.807, 2.05) is 18.3 Å². The van der Waals surface area contributed by atoms with Crippen LogP contribution in [0, 0.1) is 5.92 Å². The maximum Gasteiger partial charge on any atom is 0.174 e. The van der Waals surface area contributed by atoms with Crippen LogP contribution in [0.1, 0.15) is 63.9 Å². The van der Waals surface area contributed by atoms with Gasteiger partial charge in [0.05, 0.1) is 28.5 Å². The van der Waals surface area contributed by atoms with Crippen molar-refractivity contribution in [3.05, 3.63) is 77.3 Å². The van der Waals surface area contributed by atoms with Crippen LogP contribution in [0.5, 0.6) is 0 Å². The van der Waals surface area contributed by atoms with Crippen molar-refractivity contribution in [3.63, 3.8) is 0 Å². The summed E-state index contributed by atoms with van der Waals surface area (Å²) in [7, 11) is 0. The summed E-state index contributed by atoms with van der Waals surface area (Å²) in [6, 6.07) is 14.5. The Balaban J connectivity index is 1.53. The molecule has 2 aromatic heterocycles. The van der Waals surface area contributed by atoms with Crippen molar-refractivity contribution in [2.45, 2.75) is 58.2 Å². The third-order valence-electron chi connectivity index (χ3n) is 7.26. The molecule has 1 aromatic carbocycles. The molecule has 1 N–H and O–H groups in total. The maximum atomic E-state index is 6.89. The second-order valence-corrected chi connectivity index (χ2v) is 11.6. The van der Waals surface area contributed by atoms with Crippen molar-refractivity contribution in [2.75, 3.05) is 22.9 Å². The first-order valence-corrected chi connectivity index (χ1v) is 13.2. The minimum atomic E-state index is -0.0680. The molecular formula is C28H34ClN5S. The van der Waals surface area contributed by atoms with Crippen LogP contribution in [0.4, 0.5) is 11.4 Å². The van der Waals surface area contributed by atoms with E-state index in [9.17, 15) is 0 Å². The van der Waals surface area contributed by atoms with E-state index in [0.717, 1.165) is 41.1 Å². The number of aromatic nitrogens is 2. The van der Waals surface area contributed by atoms with Crippen LogP contribution in [0.15, 0.2) is 61.1 Å². The minimum absolute atomic E-state index is 0.00693. The van der Waals surface area contributed by atoms with E-state index in [1.54, 1.807) is 0 Å². The molecule has 0 aliphatic carbocycles. The molecule has 3 aromatic rings. The summed E-state index contributed by atoms with van der Waals surface area (Å²) in [6.45, 7) is 11.1. The van der Waals surface area contributed by atoms with Gasteiger partial charge >= 0.3 is 0 Å². The maximum absolute atomic E-state index is 6.89. The number of nitrogens with one attached hydrogen (secondary N) is 1. The van der Waals surface area contributed by atoms with Gasteiger partial charge in [0.15, 0.2) is 5.11 Å². The lowest BCUT2D eigenvalue weighted by molar-refractivity contribution is 0.397. The number of halogens is 1. The zero-order valence-corrected chi connectivity index (χ0v) is 22.5. The lowest BCUT2D eigenvalue weighted by atomic mass is 9.98. The Morgan fingerprint density at radius 3 is 2.49 bits per heavy atom. The van der Waals surface area contributed by atoms with E-state index in [4.69, 9.17) is 23.8 Å². The molecule has 7 heteroatoms. The molecule has 184 valence electrons. The van der Waals surface area contributed by atoms with Gasteiger partial charge in [-0.05, 0) is 93.7 Å². The summed E-state index contributed by atoms with van der Waals surface area (Å²) in [5, 5.41) is 5.01. The number of nitrogens with zero attached hydrogens (tertiary/aromatic N) is 4. The molecule has 2 atom stereocenters. The molecule has 2 unspecified atom stereocenters. The Morgan fingerprint density at radius 1 is 1.09 bits per heavy atom. The molecule has 0 spiro atoms. The third kappa shape index (κ3) is 4.78. The van der Waals surface area contributed by atoms with Gasteiger partial charge in [-0.25, -0.2) is 0 Å². The molecule has 2 saturated heterocycles. The van der Waals surface area contributed by atoms with Crippen molar-refractivity contribution >= 4 is 40.3 Å². The predicted octanol–water partition coefficient (Wildman–Crippen LogP) is 6.70. The number of pyridine rings is 1. The fourth-order valence-electron chi connectivity index (χ4n) is 5.13. The monoisotopic (exact) mass is 507 g/mol. The number of thiocarbonyl (C=S) groups is 1. The number of benzene rings is 1. The zero-order valence-electron chi connectivity index (χ0n) is 20.9. The standard InChI is InChI=1S/C28H34ClN5S/c1-19-10-14-32(15-11-19)24-9-8-21(17-22(24)29)34-26(20-12-16-33(18-20)28(2,3)4)25(31-27(34)35)23-7-5-6-13-30-23/h5-9,12-13,16-19,25-26H,10-11,14-15H2,1-4H3,(H,31,35). The van der Waals surface area contributed by atoms with Crippen LogP contribution in [0.2, 0.25) is 5.02 Å². The molecule has 5 nitrogen and oxygen atoms in total. The van der Waals surface area contributed by atoms with Gasteiger partial charge in [-0.1, -0.05) is 24.6 Å². The molecule has 5 rings (SSSR count). The van der Waals surface area contributed by atoms with Crippen molar-refractivity contribution in [1.82, 2.24) is 14.9 Å². The Morgan fingerprint density at radius 2 is 1.86 bits per heavy atom. The first-order valence-electron chi connectivity index (χ1n) is 12.5. The summed E-state index contributed by atoms with van der Waals surface area (Å²) in [5.41, 5.74) is 4.25. The van der Waals surface area contributed by atoms with E-state index in [2.05, 4.69) is 95.1 Å². The van der Waals surface area contributed by atoms with Crippen LogP contribution < -0.4 is 15.1 Å². The summed E-state index contributed by atoms with van der Waals surface area (Å²) in [5.74, 6) is 0.780. The fourth-order valence-corrected chi connectivity index (χ4v) is 5.77. The van der Waals surface area contributed by atoms with E-state index < -0.39 is 0 Å².